The van der Waals surface area contributed by atoms with Gasteiger partial charge in [0.05, 0.1) is 24.5 Å². The van der Waals surface area contributed by atoms with Crippen LogP contribution in [0.5, 0.6) is 0 Å². The van der Waals surface area contributed by atoms with E-state index in [4.69, 9.17) is 4.42 Å². The number of amides is 2. The quantitative estimate of drug-likeness (QED) is 0.764. The molecule has 0 saturated heterocycles. The summed E-state index contributed by atoms with van der Waals surface area (Å²) in [6.45, 7) is 6.09. The van der Waals surface area contributed by atoms with Crippen molar-refractivity contribution in [2.75, 3.05) is 6.54 Å². The number of furan rings is 1. The van der Waals surface area contributed by atoms with Crippen LogP contribution in [0.25, 0.3) is 0 Å². The molecule has 2 heterocycles. The molecule has 0 fully saturated rings. The molecule has 3 N–H and O–H groups in total. The molecule has 2 unspecified atom stereocenters. The van der Waals surface area contributed by atoms with Gasteiger partial charge in [-0.25, -0.2) is 4.79 Å². The van der Waals surface area contributed by atoms with Crippen LogP contribution in [0.15, 0.2) is 41.1 Å². The van der Waals surface area contributed by atoms with Crippen LogP contribution in [0, 0.1) is 12.8 Å². The molecule has 0 radical (unpaired) electrons. The Morgan fingerprint density at radius 1 is 1.35 bits per heavy atom. The second kappa shape index (κ2) is 7.78. The fraction of sp³-hybridized carbons (Fsp3) is 0.412. The minimum atomic E-state index is -0.871. The molecular formula is C17H23N3O3. The smallest absolute Gasteiger partial charge is 0.315 e. The van der Waals surface area contributed by atoms with Gasteiger partial charge in [-0.2, -0.15) is 0 Å². The number of rotatable bonds is 6. The molecule has 0 bridgehead atoms. The number of aromatic nitrogens is 1. The number of carbonyl (C=O) groups is 1. The van der Waals surface area contributed by atoms with Crippen LogP contribution < -0.4 is 10.6 Å². The fourth-order valence-corrected chi connectivity index (χ4v) is 2.34. The van der Waals surface area contributed by atoms with Gasteiger partial charge in [-0.3, -0.25) is 4.98 Å². The van der Waals surface area contributed by atoms with Gasteiger partial charge < -0.3 is 20.2 Å². The summed E-state index contributed by atoms with van der Waals surface area (Å²) in [5, 5.41) is 15.5. The Bertz CT molecular complexity index is 626. The maximum absolute atomic E-state index is 12.1. The number of hydrogen-bond donors (Lipinski definition) is 3. The maximum Gasteiger partial charge on any atom is 0.315 e. The minimum Gasteiger partial charge on any atom is -0.467 e. The van der Waals surface area contributed by atoms with Crippen molar-refractivity contribution in [3.8, 4) is 0 Å². The predicted molar refractivity (Wildman–Crippen MR) is 86.8 cm³/mol. The highest BCUT2D eigenvalue weighted by molar-refractivity contribution is 5.74. The van der Waals surface area contributed by atoms with Crippen molar-refractivity contribution in [3.05, 3.63) is 53.7 Å². The number of pyridine rings is 1. The predicted octanol–water partition coefficient (Wildman–Crippen LogP) is 2.71. The first-order valence-corrected chi connectivity index (χ1v) is 7.66. The molecule has 0 spiro atoms. The number of nitrogens with one attached hydrogen (secondary N) is 2. The van der Waals surface area contributed by atoms with Crippen molar-refractivity contribution in [1.29, 1.82) is 0 Å². The Morgan fingerprint density at radius 2 is 2.13 bits per heavy atom. The van der Waals surface area contributed by atoms with E-state index in [0.717, 1.165) is 11.3 Å². The highest BCUT2D eigenvalue weighted by atomic mass is 16.4. The largest absolute Gasteiger partial charge is 0.467 e. The van der Waals surface area contributed by atoms with E-state index >= 15 is 0 Å². The number of hydrogen-bond acceptors (Lipinski definition) is 4. The summed E-state index contributed by atoms with van der Waals surface area (Å²) in [6.07, 6.45) is 2.33. The SMILES string of the molecule is Cc1cccnc1C(NC(=O)NCC(O)c1ccco1)C(C)C. The average molecular weight is 317 g/mol. The summed E-state index contributed by atoms with van der Waals surface area (Å²) in [6, 6.07) is 6.65. The van der Waals surface area contributed by atoms with Crippen molar-refractivity contribution < 1.29 is 14.3 Å². The van der Waals surface area contributed by atoms with E-state index in [1.165, 1.54) is 6.26 Å². The molecule has 2 atom stereocenters. The van der Waals surface area contributed by atoms with Crippen molar-refractivity contribution >= 4 is 6.03 Å². The normalized spacial score (nSPS) is 13.6. The Hall–Kier alpha value is -2.34. The Kier molecular flexibility index (Phi) is 5.76. The van der Waals surface area contributed by atoms with Crippen molar-refractivity contribution in [3.63, 3.8) is 0 Å². The van der Waals surface area contributed by atoms with Gasteiger partial charge in [-0.05, 0) is 36.6 Å². The van der Waals surface area contributed by atoms with Crippen LogP contribution in [-0.4, -0.2) is 22.7 Å². The van der Waals surface area contributed by atoms with Crippen molar-refractivity contribution in [1.82, 2.24) is 15.6 Å². The summed E-state index contributed by atoms with van der Waals surface area (Å²) < 4.78 is 5.10. The van der Waals surface area contributed by atoms with Crippen LogP contribution in [0.2, 0.25) is 0 Å². The third-order valence-electron chi connectivity index (χ3n) is 3.63. The van der Waals surface area contributed by atoms with E-state index in [9.17, 15) is 9.90 Å². The first-order chi connectivity index (χ1) is 11.0. The van der Waals surface area contributed by atoms with Crippen LogP contribution in [0.4, 0.5) is 4.79 Å². The summed E-state index contributed by atoms with van der Waals surface area (Å²) in [5.41, 5.74) is 1.88. The summed E-state index contributed by atoms with van der Waals surface area (Å²) in [4.78, 5) is 16.5. The first kappa shape index (κ1) is 17.0. The molecule has 2 aromatic heterocycles. The molecule has 124 valence electrons. The lowest BCUT2D eigenvalue weighted by molar-refractivity contribution is 0.147. The van der Waals surface area contributed by atoms with E-state index in [0.29, 0.717) is 5.76 Å². The van der Waals surface area contributed by atoms with Gasteiger partial charge in [0.15, 0.2) is 0 Å². The molecule has 0 aliphatic rings. The number of aliphatic hydroxyl groups is 1. The van der Waals surface area contributed by atoms with E-state index < -0.39 is 6.10 Å². The lowest BCUT2D eigenvalue weighted by Crippen LogP contribution is -2.41. The molecule has 2 rings (SSSR count). The molecule has 23 heavy (non-hydrogen) atoms. The summed E-state index contributed by atoms with van der Waals surface area (Å²) in [7, 11) is 0. The van der Waals surface area contributed by atoms with Gasteiger partial charge in [0.2, 0.25) is 0 Å². The van der Waals surface area contributed by atoms with E-state index in [1.807, 2.05) is 32.9 Å². The Morgan fingerprint density at radius 3 is 2.74 bits per heavy atom. The molecule has 0 aliphatic carbocycles. The average Bonchev–Trinajstić information content (AvgIpc) is 3.05. The third-order valence-corrected chi connectivity index (χ3v) is 3.63. The Labute approximate surface area is 135 Å². The second-order valence-corrected chi connectivity index (χ2v) is 5.81. The molecule has 0 aromatic carbocycles. The minimum absolute atomic E-state index is 0.0748. The molecule has 6 heteroatoms. The summed E-state index contributed by atoms with van der Waals surface area (Å²) in [5.74, 6) is 0.607. The van der Waals surface area contributed by atoms with Crippen LogP contribution >= 0.6 is 0 Å². The molecule has 6 nitrogen and oxygen atoms in total. The maximum atomic E-state index is 12.1. The molecule has 2 amide bonds. The highest BCUT2D eigenvalue weighted by Gasteiger charge is 2.21. The van der Waals surface area contributed by atoms with Gasteiger partial charge in [-0.15, -0.1) is 0 Å². The highest BCUT2D eigenvalue weighted by Crippen LogP contribution is 2.22. The van der Waals surface area contributed by atoms with Crippen molar-refractivity contribution in [2.24, 2.45) is 5.92 Å². The topological polar surface area (TPSA) is 87.4 Å². The first-order valence-electron chi connectivity index (χ1n) is 7.66. The zero-order chi connectivity index (χ0) is 16.8. The molecule has 0 aliphatic heterocycles. The van der Waals surface area contributed by atoms with Crippen LogP contribution in [0.1, 0.15) is 43.0 Å². The zero-order valence-corrected chi connectivity index (χ0v) is 13.6. The second-order valence-electron chi connectivity index (χ2n) is 5.81. The number of nitrogens with zero attached hydrogens (tertiary/aromatic N) is 1. The number of aliphatic hydroxyl groups excluding tert-OH is 1. The number of aryl methyl sites for hydroxylation is 1. The van der Waals surface area contributed by atoms with Gasteiger partial charge in [-0.1, -0.05) is 19.9 Å². The van der Waals surface area contributed by atoms with Gasteiger partial charge >= 0.3 is 6.03 Å². The molecular weight excluding hydrogens is 294 g/mol. The standard InChI is InChI=1S/C17H23N3O3/c1-11(2)15(16-12(3)6-4-8-18-16)20-17(22)19-10-13(21)14-7-5-9-23-14/h4-9,11,13,15,21H,10H2,1-3H3,(H2,19,20,22). The Balaban J connectivity index is 1.95. The zero-order valence-electron chi connectivity index (χ0n) is 13.6. The lowest BCUT2D eigenvalue weighted by atomic mass is 9.97. The monoisotopic (exact) mass is 317 g/mol. The summed E-state index contributed by atoms with van der Waals surface area (Å²) >= 11 is 0. The van der Waals surface area contributed by atoms with Crippen LogP contribution in [-0.2, 0) is 0 Å². The fourth-order valence-electron chi connectivity index (χ4n) is 2.34. The van der Waals surface area contributed by atoms with E-state index in [2.05, 4.69) is 15.6 Å². The van der Waals surface area contributed by atoms with E-state index in [-0.39, 0.29) is 24.5 Å². The van der Waals surface area contributed by atoms with Crippen LogP contribution in [0.3, 0.4) is 0 Å². The number of carbonyl (C=O) groups excluding carboxylic acids is 1. The number of urea groups is 1. The van der Waals surface area contributed by atoms with Crippen molar-refractivity contribution in [2.45, 2.75) is 32.9 Å². The lowest BCUT2D eigenvalue weighted by Gasteiger charge is -2.23. The van der Waals surface area contributed by atoms with E-state index in [1.54, 1.807) is 18.3 Å². The molecule has 0 saturated carbocycles. The third kappa shape index (κ3) is 4.56. The van der Waals surface area contributed by atoms with Gasteiger partial charge in [0, 0.05) is 6.20 Å². The van der Waals surface area contributed by atoms with Gasteiger partial charge in [0.25, 0.3) is 0 Å². The van der Waals surface area contributed by atoms with Gasteiger partial charge in [0.1, 0.15) is 11.9 Å². The molecule has 2 aromatic rings.